The SMILES string of the molecule is CC(=O)c1ccc(C(C)C(=O)OC(C)(C)C)cc1. The Morgan fingerprint density at radius 2 is 1.61 bits per heavy atom. The third kappa shape index (κ3) is 3.99. The summed E-state index contributed by atoms with van der Waals surface area (Å²) in [5, 5.41) is 0. The largest absolute Gasteiger partial charge is 0.460 e. The number of carbonyl (C=O) groups is 2. The van der Waals surface area contributed by atoms with Gasteiger partial charge in [-0.15, -0.1) is 0 Å². The van der Waals surface area contributed by atoms with Crippen LogP contribution in [0.2, 0.25) is 0 Å². The van der Waals surface area contributed by atoms with E-state index in [1.807, 2.05) is 20.8 Å². The third-order valence-electron chi connectivity index (χ3n) is 2.58. The molecule has 1 aromatic rings. The maximum Gasteiger partial charge on any atom is 0.313 e. The van der Waals surface area contributed by atoms with E-state index in [0.717, 1.165) is 5.56 Å². The fraction of sp³-hybridized carbons (Fsp3) is 0.467. The van der Waals surface area contributed by atoms with Crippen molar-refractivity contribution in [1.29, 1.82) is 0 Å². The van der Waals surface area contributed by atoms with Crippen LogP contribution in [-0.4, -0.2) is 17.4 Å². The number of benzene rings is 1. The Kier molecular flexibility index (Phi) is 4.28. The van der Waals surface area contributed by atoms with Gasteiger partial charge in [0.05, 0.1) is 5.92 Å². The molecule has 0 N–H and O–H groups in total. The maximum atomic E-state index is 11.9. The average molecular weight is 248 g/mol. The van der Waals surface area contributed by atoms with Gasteiger partial charge in [0.25, 0.3) is 0 Å². The van der Waals surface area contributed by atoms with Crippen LogP contribution in [0, 0.1) is 0 Å². The van der Waals surface area contributed by atoms with Crippen LogP contribution in [0.3, 0.4) is 0 Å². The lowest BCUT2D eigenvalue weighted by atomic mass is 9.99. The molecule has 1 aromatic carbocycles. The number of Topliss-reactive ketones (excluding diaryl/α,β-unsaturated/α-hetero) is 1. The first kappa shape index (κ1) is 14.4. The highest BCUT2D eigenvalue weighted by Gasteiger charge is 2.22. The van der Waals surface area contributed by atoms with Gasteiger partial charge in [-0.3, -0.25) is 9.59 Å². The van der Waals surface area contributed by atoms with Gasteiger partial charge in [0.15, 0.2) is 5.78 Å². The van der Waals surface area contributed by atoms with Gasteiger partial charge in [0.1, 0.15) is 5.60 Å². The predicted molar refractivity (Wildman–Crippen MR) is 70.7 cm³/mol. The fourth-order valence-corrected chi connectivity index (χ4v) is 1.53. The summed E-state index contributed by atoms with van der Waals surface area (Å²) in [5.41, 5.74) is 1.02. The predicted octanol–water partition coefficient (Wildman–Crippen LogP) is 3.33. The minimum Gasteiger partial charge on any atom is -0.460 e. The van der Waals surface area contributed by atoms with E-state index in [1.54, 1.807) is 31.2 Å². The number of hydrogen-bond acceptors (Lipinski definition) is 3. The molecule has 0 heterocycles. The summed E-state index contributed by atoms with van der Waals surface area (Å²) in [5.74, 6) is -0.560. The van der Waals surface area contributed by atoms with E-state index in [-0.39, 0.29) is 17.7 Å². The van der Waals surface area contributed by atoms with Gasteiger partial charge < -0.3 is 4.74 Å². The molecule has 0 aromatic heterocycles. The van der Waals surface area contributed by atoms with Crippen molar-refractivity contribution in [3.8, 4) is 0 Å². The van der Waals surface area contributed by atoms with Gasteiger partial charge in [-0.2, -0.15) is 0 Å². The molecule has 0 aliphatic heterocycles. The van der Waals surface area contributed by atoms with Crippen LogP contribution < -0.4 is 0 Å². The summed E-state index contributed by atoms with van der Waals surface area (Å²) < 4.78 is 5.33. The quantitative estimate of drug-likeness (QED) is 0.608. The van der Waals surface area contributed by atoms with Gasteiger partial charge in [-0.05, 0) is 40.2 Å². The Morgan fingerprint density at radius 1 is 1.11 bits per heavy atom. The average Bonchev–Trinajstić information content (AvgIpc) is 2.26. The van der Waals surface area contributed by atoms with Crippen molar-refractivity contribution in [2.45, 2.75) is 46.1 Å². The van der Waals surface area contributed by atoms with E-state index in [9.17, 15) is 9.59 Å². The van der Waals surface area contributed by atoms with Crippen LogP contribution >= 0.6 is 0 Å². The van der Waals surface area contributed by atoms with Gasteiger partial charge >= 0.3 is 5.97 Å². The zero-order chi connectivity index (χ0) is 13.9. The zero-order valence-corrected chi connectivity index (χ0v) is 11.6. The van der Waals surface area contributed by atoms with Crippen molar-refractivity contribution < 1.29 is 14.3 Å². The zero-order valence-electron chi connectivity index (χ0n) is 11.6. The molecule has 0 radical (unpaired) electrons. The van der Waals surface area contributed by atoms with Crippen LogP contribution in [0.25, 0.3) is 0 Å². The van der Waals surface area contributed by atoms with E-state index in [4.69, 9.17) is 4.74 Å². The van der Waals surface area contributed by atoms with E-state index in [2.05, 4.69) is 0 Å². The van der Waals surface area contributed by atoms with Gasteiger partial charge in [0.2, 0.25) is 0 Å². The molecule has 0 saturated heterocycles. The Bertz CT molecular complexity index is 438. The van der Waals surface area contributed by atoms with Crippen LogP contribution in [0.1, 0.15) is 56.5 Å². The van der Waals surface area contributed by atoms with Crippen LogP contribution in [-0.2, 0) is 9.53 Å². The van der Waals surface area contributed by atoms with Crippen LogP contribution in [0.4, 0.5) is 0 Å². The van der Waals surface area contributed by atoms with Gasteiger partial charge in [0, 0.05) is 5.56 Å². The highest BCUT2D eigenvalue weighted by molar-refractivity contribution is 5.94. The summed E-state index contributed by atoms with van der Waals surface area (Å²) in [6.45, 7) is 8.85. The standard InChI is InChI=1S/C15H20O3/c1-10(14(17)18-15(3,4)5)12-6-8-13(9-7-12)11(2)16/h6-10H,1-5H3. The number of ether oxygens (including phenoxy) is 1. The van der Waals surface area contributed by atoms with E-state index < -0.39 is 5.60 Å². The highest BCUT2D eigenvalue weighted by atomic mass is 16.6. The summed E-state index contributed by atoms with van der Waals surface area (Å²) >= 11 is 0. The summed E-state index contributed by atoms with van der Waals surface area (Å²) in [7, 11) is 0. The molecule has 3 nitrogen and oxygen atoms in total. The second-order valence-electron chi connectivity index (χ2n) is 5.43. The molecule has 0 saturated carbocycles. The normalized spacial score (nSPS) is 12.9. The van der Waals surface area contributed by atoms with Crippen LogP contribution in [0.5, 0.6) is 0 Å². The van der Waals surface area contributed by atoms with E-state index in [0.29, 0.717) is 5.56 Å². The Morgan fingerprint density at radius 3 is 2.00 bits per heavy atom. The molecule has 0 aliphatic rings. The molecular formula is C15H20O3. The number of ketones is 1. The Hall–Kier alpha value is -1.64. The van der Waals surface area contributed by atoms with Crippen molar-refractivity contribution in [2.24, 2.45) is 0 Å². The molecular weight excluding hydrogens is 228 g/mol. The van der Waals surface area contributed by atoms with Crippen molar-refractivity contribution in [3.63, 3.8) is 0 Å². The second-order valence-corrected chi connectivity index (χ2v) is 5.43. The smallest absolute Gasteiger partial charge is 0.313 e. The number of carbonyl (C=O) groups excluding carboxylic acids is 2. The maximum absolute atomic E-state index is 11.9. The molecule has 0 bridgehead atoms. The lowest BCUT2D eigenvalue weighted by Crippen LogP contribution is -2.26. The van der Waals surface area contributed by atoms with Crippen molar-refractivity contribution in [1.82, 2.24) is 0 Å². The summed E-state index contributed by atoms with van der Waals surface area (Å²) in [6.07, 6.45) is 0. The van der Waals surface area contributed by atoms with Crippen molar-refractivity contribution in [3.05, 3.63) is 35.4 Å². The topological polar surface area (TPSA) is 43.4 Å². The van der Waals surface area contributed by atoms with Crippen molar-refractivity contribution >= 4 is 11.8 Å². The molecule has 3 heteroatoms. The number of hydrogen-bond donors (Lipinski definition) is 0. The molecule has 0 spiro atoms. The molecule has 98 valence electrons. The molecule has 1 unspecified atom stereocenters. The Labute approximate surface area is 108 Å². The number of rotatable bonds is 3. The molecule has 1 atom stereocenters. The first-order chi connectivity index (χ1) is 8.20. The summed E-state index contributed by atoms with van der Waals surface area (Å²) in [4.78, 5) is 23.0. The number of esters is 1. The van der Waals surface area contributed by atoms with Crippen LogP contribution in [0.15, 0.2) is 24.3 Å². The lowest BCUT2D eigenvalue weighted by Gasteiger charge is -2.22. The van der Waals surface area contributed by atoms with Gasteiger partial charge in [-0.25, -0.2) is 0 Å². The third-order valence-corrected chi connectivity index (χ3v) is 2.58. The Balaban J connectivity index is 2.81. The van der Waals surface area contributed by atoms with E-state index >= 15 is 0 Å². The lowest BCUT2D eigenvalue weighted by molar-refractivity contribution is -0.156. The monoisotopic (exact) mass is 248 g/mol. The second kappa shape index (κ2) is 5.34. The molecule has 1 rings (SSSR count). The molecule has 0 fully saturated rings. The summed E-state index contributed by atoms with van der Waals surface area (Å²) in [6, 6.07) is 7.06. The molecule has 0 aliphatic carbocycles. The van der Waals surface area contributed by atoms with Gasteiger partial charge in [-0.1, -0.05) is 24.3 Å². The minimum atomic E-state index is -0.481. The van der Waals surface area contributed by atoms with Crippen molar-refractivity contribution in [2.75, 3.05) is 0 Å². The fourth-order valence-electron chi connectivity index (χ4n) is 1.53. The highest BCUT2D eigenvalue weighted by Crippen LogP contribution is 2.20. The van der Waals surface area contributed by atoms with E-state index in [1.165, 1.54) is 6.92 Å². The minimum absolute atomic E-state index is 0.0199. The first-order valence-corrected chi connectivity index (χ1v) is 6.04. The molecule has 18 heavy (non-hydrogen) atoms. The first-order valence-electron chi connectivity index (χ1n) is 6.04. The molecule has 0 amide bonds.